The third kappa shape index (κ3) is 4.93. The number of primary amides is 1. The van der Waals surface area contributed by atoms with Crippen molar-refractivity contribution in [2.75, 3.05) is 31.2 Å². The quantitative estimate of drug-likeness (QED) is 0.614. The molecule has 0 aliphatic carbocycles. The predicted molar refractivity (Wildman–Crippen MR) is 99.1 cm³/mol. The molecule has 1 aliphatic heterocycles. The molecule has 0 spiro atoms. The van der Waals surface area contributed by atoms with Gasteiger partial charge in [0.2, 0.25) is 17.1 Å². The van der Waals surface area contributed by atoms with Gasteiger partial charge in [-0.25, -0.2) is 4.98 Å². The molecule has 2 aromatic rings. The topological polar surface area (TPSA) is 90.6 Å². The molecule has 1 aromatic heterocycles. The van der Waals surface area contributed by atoms with E-state index >= 15 is 0 Å². The van der Waals surface area contributed by atoms with Crippen molar-refractivity contribution < 1.29 is 14.3 Å². The Hall–Kier alpha value is -2.64. The number of aromatic nitrogens is 2. The Bertz CT molecular complexity index is 790. The number of anilines is 1. The van der Waals surface area contributed by atoms with E-state index in [1.54, 1.807) is 12.3 Å². The summed E-state index contributed by atoms with van der Waals surface area (Å²) < 4.78 is 11.3. The maximum absolute atomic E-state index is 10.8. The Morgan fingerprint density at radius 3 is 2.73 bits per heavy atom. The first-order chi connectivity index (χ1) is 12.6. The number of halogens is 1. The van der Waals surface area contributed by atoms with E-state index < -0.39 is 5.91 Å². The molecule has 0 unspecified atom stereocenters. The molecule has 26 heavy (non-hydrogen) atoms. The standard InChI is InChI=1S/C18H19ClN4O3/c19-18-21-11-15(23-7-9-25-10-8-23)17(22-18)26-12-14-3-1-13(2-4-14)5-6-16(20)24/h1-6,11H,7-10,12H2,(H2,20,24). The SMILES string of the molecule is NC(=O)C=Cc1ccc(COc2nc(Cl)ncc2N2CCOCC2)cc1. The number of morpholine rings is 1. The van der Waals surface area contributed by atoms with Crippen LogP contribution < -0.4 is 15.4 Å². The van der Waals surface area contributed by atoms with E-state index in [1.165, 1.54) is 6.08 Å². The molecule has 3 rings (SSSR count). The molecule has 0 bridgehead atoms. The van der Waals surface area contributed by atoms with Gasteiger partial charge in [0.25, 0.3) is 0 Å². The van der Waals surface area contributed by atoms with Crippen molar-refractivity contribution in [3.8, 4) is 5.88 Å². The lowest BCUT2D eigenvalue weighted by Crippen LogP contribution is -2.36. The zero-order valence-electron chi connectivity index (χ0n) is 14.1. The summed E-state index contributed by atoms with van der Waals surface area (Å²) >= 11 is 5.93. The first-order valence-electron chi connectivity index (χ1n) is 8.16. The average Bonchev–Trinajstić information content (AvgIpc) is 2.66. The second-order valence-corrected chi connectivity index (χ2v) is 6.03. The molecule has 1 saturated heterocycles. The molecule has 8 heteroatoms. The second kappa shape index (κ2) is 8.64. The van der Waals surface area contributed by atoms with E-state index in [2.05, 4.69) is 14.9 Å². The summed E-state index contributed by atoms with van der Waals surface area (Å²) in [5.74, 6) is -0.0294. The molecule has 1 amide bonds. The number of carbonyl (C=O) groups excluding carboxylic acids is 1. The van der Waals surface area contributed by atoms with Gasteiger partial charge in [-0.15, -0.1) is 0 Å². The zero-order chi connectivity index (χ0) is 18.4. The van der Waals surface area contributed by atoms with Crippen LogP contribution in [0.2, 0.25) is 5.28 Å². The highest BCUT2D eigenvalue weighted by molar-refractivity contribution is 6.28. The van der Waals surface area contributed by atoms with Gasteiger partial charge in [-0.2, -0.15) is 4.98 Å². The molecule has 136 valence electrons. The number of ether oxygens (including phenoxy) is 2. The van der Waals surface area contributed by atoms with Crippen molar-refractivity contribution in [2.24, 2.45) is 5.73 Å². The Morgan fingerprint density at radius 1 is 1.31 bits per heavy atom. The molecular weight excluding hydrogens is 356 g/mol. The zero-order valence-corrected chi connectivity index (χ0v) is 14.9. The predicted octanol–water partition coefficient (Wildman–Crippen LogP) is 2.04. The van der Waals surface area contributed by atoms with Gasteiger partial charge >= 0.3 is 0 Å². The van der Waals surface area contributed by atoms with Crippen LogP contribution in [0.1, 0.15) is 11.1 Å². The Balaban J connectivity index is 1.69. The maximum atomic E-state index is 10.8. The summed E-state index contributed by atoms with van der Waals surface area (Å²) in [6.45, 7) is 3.15. The van der Waals surface area contributed by atoms with Crippen molar-refractivity contribution >= 4 is 29.3 Å². The van der Waals surface area contributed by atoms with Gasteiger partial charge in [0, 0.05) is 19.2 Å². The maximum Gasteiger partial charge on any atom is 0.242 e. The van der Waals surface area contributed by atoms with Crippen LogP contribution in [0.3, 0.4) is 0 Å². The fourth-order valence-corrected chi connectivity index (χ4v) is 2.65. The largest absolute Gasteiger partial charge is 0.471 e. The van der Waals surface area contributed by atoms with Gasteiger partial charge in [-0.3, -0.25) is 4.79 Å². The van der Waals surface area contributed by atoms with Gasteiger partial charge in [-0.05, 0) is 28.8 Å². The minimum Gasteiger partial charge on any atom is -0.471 e. The lowest BCUT2D eigenvalue weighted by molar-refractivity contribution is -0.113. The summed E-state index contributed by atoms with van der Waals surface area (Å²) in [7, 11) is 0. The lowest BCUT2D eigenvalue weighted by Gasteiger charge is -2.29. The minimum atomic E-state index is -0.478. The van der Waals surface area contributed by atoms with E-state index in [0.29, 0.717) is 25.7 Å². The molecule has 2 N–H and O–H groups in total. The van der Waals surface area contributed by atoms with Crippen LogP contribution in [0.5, 0.6) is 5.88 Å². The normalized spacial score (nSPS) is 14.6. The van der Waals surface area contributed by atoms with Crippen molar-refractivity contribution in [2.45, 2.75) is 6.61 Å². The van der Waals surface area contributed by atoms with Crippen molar-refractivity contribution in [3.05, 3.63) is 52.9 Å². The highest BCUT2D eigenvalue weighted by atomic mass is 35.5. The molecule has 0 atom stereocenters. The van der Waals surface area contributed by atoms with Crippen LogP contribution in [0.15, 0.2) is 36.5 Å². The van der Waals surface area contributed by atoms with Crippen LogP contribution in [-0.2, 0) is 16.1 Å². The Labute approximate surface area is 156 Å². The van der Waals surface area contributed by atoms with Gasteiger partial charge in [0.15, 0.2) is 0 Å². The third-order valence-electron chi connectivity index (χ3n) is 3.85. The number of hydrogen-bond acceptors (Lipinski definition) is 6. The van der Waals surface area contributed by atoms with E-state index in [9.17, 15) is 4.79 Å². The molecule has 7 nitrogen and oxygen atoms in total. The first-order valence-corrected chi connectivity index (χ1v) is 8.54. The summed E-state index contributed by atoms with van der Waals surface area (Å²) in [6, 6.07) is 7.59. The lowest BCUT2D eigenvalue weighted by atomic mass is 10.1. The van der Waals surface area contributed by atoms with Gasteiger partial charge in [0.1, 0.15) is 12.3 Å². The van der Waals surface area contributed by atoms with Crippen LogP contribution >= 0.6 is 11.6 Å². The van der Waals surface area contributed by atoms with E-state index in [-0.39, 0.29) is 5.28 Å². The van der Waals surface area contributed by atoms with Gasteiger partial charge < -0.3 is 20.1 Å². The number of carbonyl (C=O) groups is 1. The molecular formula is C18H19ClN4O3. The van der Waals surface area contributed by atoms with Crippen molar-refractivity contribution in [3.63, 3.8) is 0 Å². The molecule has 1 aliphatic rings. The Morgan fingerprint density at radius 2 is 2.04 bits per heavy atom. The highest BCUT2D eigenvalue weighted by Crippen LogP contribution is 2.28. The van der Waals surface area contributed by atoms with Crippen LogP contribution in [-0.4, -0.2) is 42.2 Å². The number of nitrogens with two attached hydrogens (primary N) is 1. The average molecular weight is 375 g/mol. The fourth-order valence-electron chi connectivity index (χ4n) is 2.52. The van der Waals surface area contributed by atoms with Crippen molar-refractivity contribution in [1.29, 1.82) is 0 Å². The van der Waals surface area contributed by atoms with E-state index in [4.69, 9.17) is 26.8 Å². The number of rotatable bonds is 6. The highest BCUT2D eigenvalue weighted by Gasteiger charge is 2.18. The Kier molecular flexibility index (Phi) is 6.04. The van der Waals surface area contributed by atoms with Crippen LogP contribution in [0, 0.1) is 0 Å². The third-order valence-corrected chi connectivity index (χ3v) is 4.04. The van der Waals surface area contributed by atoms with Crippen molar-refractivity contribution in [1.82, 2.24) is 9.97 Å². The number of amides is 1. The number of benzene rings is 1. The molecule has 1 aromatic carbocycles. The number of hydrogen-bond donors (Lipinski definition) is 1. The summed E-state index contributed by atoms with van der Waals surface area (Å²) in [4.78, 5) is 21.2. The number of nitrogens with zero attached hydrogens (tertiary/aromatic N) is 3. The summed E-state index contributed by atoms with van der Waals surface area (Å²) in [5, 5.41) is 0.143. The van der Waals surface area contributed by atoms with E-state index in [1.807, 2.05) is 24.3 Å². The summed E-state index contributed by atoms with van der Waals surface area (Å²) in [6.07, 6.45) is 4.66. The molecule has 1 fully saturated rings. The molecule has 2 heterocycles. The monoisotopic (exact) mass is 374 g/mol. The first kappa shape index (κ1) is 18.2. The fraction of sp³-hybridized carbons (Fsp3) is 0.278. The van der Waals surface area contributed by atoms with Gasteiger partial charge in [-0.1, -0.05) is 24.3 Å². The van der Waals surface area contributed by atoms with E-state index in [0.717, 1.165) is 29.9 Å². The smallest absolute Gasteiger partial charge is 0.242 e. The second-order valence-electron chi connectivity index (χ2n) is 5.69. The minimum absolute atomic E-state index is 0.143. The summed E-state index contributed by atoms with van der Waals surface area (Å²) in [5.41, 5.74) is 7.74. The molecule has 0 radical (unpaired) electrons. The van der Waals surface area contributed by atoms with Crippen LogP contribution in [0.4, 0.5) is 5.69 Å². The van der Waals surface area contributed by atoms with Gasteiger partial charge in [0.05, 0.1) is 19.4 Å². The van der Waals surface area contributed by atoms with Crippen LogP contribution in [0.25, 0.3) is 6.08 Å². The molecule has 0 saturated carbocycles.